The first-order chi connectivity index (χ1) is 12.0. The van der Waals surface area contributed by atoms with Crippen LogP contribution in [0.15, 0.2) is 48.2 Å². The standard InChI is InChI=1S/C19H15ClO5/c1-11(19(22)23-2)24-14-7-8-15-16(10-14)25-17(18(15)21)9-12-3-5-13(20)6-4-12/h3-11H,1-2H3/t11-/m1/s1. The number of fused-ring (bicyclic) bond motifs is 1. The fourth-order valence-corrected chi connectivity index (χ4v) is 2.50. The van der Waals surface area contributed by atoms with E-state index in [9.17, 15) is 9.59 Å². The molecule has 3 rings (SSSR count). The van der Waals surface area contributed by atoms with Crippen molar-refractivity contribution < 1.29 is 23.8 Å². The molecule has 25 heavy (non-hydrogen) atoms. The zero-order valence-electron chi connectivity index (χ0n) is 13.6. The average Bonchev–Trinajstić information content (AvgIpc) is 2.91. The van der Waals surface area contributed by atoms with E-state index in [1.807, 2.05) is 0 Å². The first-order valence-corrected chi connectivity index (χ1v) is 7.94. The Labute approximate surface area is 149 Å². The number of hydrogen-bond donors (Lipinski definition) is 0. The highest BCUT2D eigenvalue weighted by Gasteiger charge is 2.28. The van der Waals surface area contributed by atoms with Crippen LogP contribution >= 0.6 is 11.6 Å². The van der Waals surface area contributed by atoms with E-state index in [1.165, 1.54) is 7.11 Å². The normalized spacial score (nSPS) is 15.5. The first-order valence-electron chi connectivity index (χ1n) is 7.56. The maximum Gasteiger partial charge on any atom is 0.346 e. The molecule has 0 saturated heterocycles. The molecule has 0 aromatic heterocycles. The minimum Gasteiger partial charge on any atom is -0.479 e. The van der Waals surface area contributed by atoms with Crippen molar-refractivity contribution >= 4 is 29.4 Å². The molecule has 1 aliphatic heterocycles. The van der Waals surface area contributed by atoms with E-state index in [-0.39, 0.29) is 11.5 Å². The van der Waals surface area contributed by atoms with Gasteiger partial charge in [-0.2, -0.15) is 0 Å². The van der Waals surface area contributed by atoms with Crippen LogP contribution < -0.4 is 9.47 Å². The predicted octanol–water partition coefficient (Wildman–Crippen LogP) is 3.90. The lowest BCUT2D eigenvalue weighted by Crippen LogP contribution is -2.24. The lowest BCUT2D eigenvalue weighted by Gasteiger charge is -2.12. The molecular formula is C19H15ClO5. The summed E-state index contributed by atoms with van der Waals surface area (Å²) in [6.07, 6.45) is 0.889. The van der Waals surface area contributed by atoms with Crippen molar-refractivity contribution in [3.63, 3.8) is 0 Å². The molecule has 128 valence electrons. The van der Waals surface area contributed by atoms with Gasteiger partial charge in [-0.25, -0.2) is 4.79 Å². The molecule has 1 heterocycles. The van der Waals surface area contributed by atoms with Crippen molar-refractivity contribution in [1.82, 2.24) is 0 Å². The highest BCUT2D eigenvalue weighted by atomic mass is 35.5. The van der Waals surface area contributed by atoms with E-state index in [4.69, 9.17) is 21.1 Å². The highest BCUT2D eigenvalue weighted by Crippen LogP contribution is 2.35. The van der Waals surface area contributed by atoms with E-state index < -0.39 is 12.1 Å². The number of rotatable bonds is 4. The van der Waals surface area contributed by atoms with Gasteiger partial charge in [0.05, 0.1) is 12.7 Å². The second kappa shape index (κ2) is 6.99. The van der Waals surface area contributed by atoms with Crippen molar-refractivity contribution in [2.45, 2.75) is 13.0 Å². The van der Waals surface area contributed by atoms with E-state index >= 15 is 0 Å². The minimum absolute atomic E-state index is 0.211. The topological polar surface area (TPSA) is 61.8 Å². The smallest absolute Gasteiger partial charge is 0.346 e. The fraction of sp³-hybridized carbons (Fsp3) is 0.158. The molecule has 6 heteroatoms. The molecule has 0 unspecified atom stereocenters. The molecule has 1 aliphatic rings. The van der Waals surface area contributed by atoms with Gasteiger partial charge in [0, 0.05) is 11.1 Å². The van der Waals surface area contributed by atoms with Crippen LogP contribution in [0, 0.1) is 0 Å². The summed E-state index contributed by atoms with van der Waals surface area (Å²) >= 11 is 5.86. The zero-order chi connectivity index (χ0) is 18.0. The van der Waals surface area contributed by atoms with Gasteiger partial charge in [0.1, 0.15) is 11.5 Å². The summed E-state index contributed by atoms with van der Waals surface area (Å²) in [5, 5.41) is 0.616. The third-order valence-electron chi connectivity index (χ3n) is 3.66. The van der Waals surface area contributed by atoms with Gasteiger partial charge in [0.25, 0.3) is 0 Å². The first kappa shape index (κ1) is 17.0. The van der Waals surface area contributed by atoms with Crippen molar-refractivity contribution in [3.8, 4) is 11.5 Å². The number of carbonyl (C=O) groups is 2. The van der Waals surface area contributed by atoms with Crippen molar-refractivity contribution in [3.05, 3.63) is 64.4 Å². The van der Waals surface area contributed by atoms with Gasteiger partial charge in [0.15, 0.2) is 11.9 Å². The van der Waals surface area contributed by atoms with Gasteiger partial charge in [-0.05, 0) is 42.8 Å². The van der Waals surface area contributed by atoms with Crippen LogP contribution in [0.3, 0.4) is 0 Å². The van der Waals surface area contributed by atoms with Gasteiger partial charge in [-0.1, -0.05) is 23.7 Å². The lowest BCUT2D eigenvalue weighted by atomic mass is 10.1. The van der Waals surface area contributed by atoms with Crippen molar-refractivity contribution in [2.75, 3.05) is 7.11 Å². The second-order valence-corrected chi connectivity index (χ2v) is 5.87. The van der Waals surface area contributed by atoms with Gasteiger partial charge < -0.3 is 14.2 Å². The fourth-order valence-electron chi connectivity index (χ4n) is 2.37. The van der Waals surface area contributed by atoms with Gasteiger partial charge in [0.2, 0.25) is 5.78 Å². The molecule has 2 aromatic rings. The van der Waals surface area contributed by atoms with E-state index in [1.54, 1.807) is 55.5 Å². The van der Waals surface area contributed by atoms with Crippen LogP contribution in [0.1, 0.15) is 22.8 Å². The second-order valence-electron chi connectivity index (χ2n) is 5.43. The largest absolute Gasteiger partial charge is 0.479 e. The van der Waals surface area contributed by atoms with Gasteiger partial charge in [-0.15, -0.1) is 0 Å². The number of ether oxygens (including phenoxy) is 3. The van der Waals surface area contributed by atoms with Gasteiger partial charge in [-0.3, -0.25) is 4.79 Å². The molecular weight excluding hydrogens is 344 g/mol. The van der Waals surface area contributed by atoms with Crippen LogP contribution in [-0.4, -0.2) is 25.0 Å². The number of esters is 1. The Hall–Kier alpha value is -2.79. The molecule has 0 aliphatic carbocycles. The molecule has 2 aromatic carbocycles. The molecule has 0 N–H and O–H groups in total. The summed E-state index contributed by atoms with van der Waals surface area (Å²) < 4.78 is 15.8. The average molecular weight is 359 g/mol. The monoisotopic (exact) mass is 358 g/mol. The van der Waals surface area contributed by atoms with E-state index in [0.29, 0.717) is 22.1 Å². The molecule has 0 bridgehead atoms. The third kappa shape index (κ3) is 3.67. The maximum absolute atomic E-state index is 12.4. The lowest BCUT2D eigenvalue weighted by molar-refractivity contribution is -0.147. The maximum atomic E-state index is 12.4. The highest BCUT2D eigenvalue weighted by molar-refractivity contribution is 6.30. The van der Waals surface area contributed by atoms with Crippen molar-refractivity contribution in [1.29, 1.82) is 0 Å². The number of methoxy groups -OCH3 is 1. The van der Waals surface area contributed by atoms with Crippen LogP contribution in [-0.2, 0) is 9.53 Å². The van der Waals surface area contributed by atoms with E-state index in [2.05, 4.69) is 4.74 Å². The molecule has 0 spiro atoms. The van der Waals surface area contributed by atoms with Crippen LogP contribution in [0.4, 0.5) is 0 Å². The number of Topliss-reactive ketones (excluding diaryl/α,β-unsaturated/α-hetero) is 1. The third-order valence-corrected chi connectivity index (χ3v) is 3.91. The predicted molar refractivity (Wildman–Crippen MR) is 92.9 cm³/mol. The number of hydrogen-bond acceptors (Lipinski definition) is 5. The van der Waals surface area contributed by atoms with E-state index in [0.717, 1.165) is 5.56 Å². The molecule has 0 fully saturated rings. The Kier molecular flexibility index (Phi) is 4.76. The Bertz CT molecular complexity index is 855. The summed E-state index contributed by atoms with van der Waals surface area (Å²) in [4.78, 5) is 23.9. The Morgan fingerprint density at radius 2 is 1.92 bits per heavy atom. The molecule has 5 nitrogen and oxygen atoms in total. The number of ketones is 1. The van der Waals surface area contributed by atoms with Gasteiger partial charge >= 0.3 is 5.97 Å². The summed E-state index contributed by atoms with van der Waals surface area (Å²) in [5.74, 6) is 0.325. The van der Waals surface area contributed by atoms with Crippen molar-refractivity contribution in [2.24, 2.45) is 0 Å². The summed E-state index contributed by atoms with van der Waals surface area (Å²) in [6.45, 7) is 1.58. The Balaban J connectivity index is 1.81. The molecule has 0 amide bonds. The minimum atomic E-state index is -0.760. The van der Waals surface area contributed by atoms with Crippen LogP contribution in [0.5, 0.6) is 11.5 Å². The molecule has 0 radical (unpaired) electrons. The number of benzene rings is 2. The summed E-state index contributed by atoms with van der Waals surface area (Å²) in [7, 11) is 1.29. The summed E-state index contributed by atoms with van der Waals surface area (Å²) in [6, 6.07) is 11.9. The number of carbonyl (C=O) groups excluding carboxylic acids is 2. The number of halogens is 1. The quantitative estimate of drug-likeness (QED) is 0.612. The van der Waals surface area contributed by atoms with Crippen LogP contribution in [0.2, 0.25) is 5.02 Å². The Morgan fingerprint density at radius 3 is 2.60 bits per heavy atom. The van der Waals surface area contributed by atoms with Crippen LogP contribution in [0.25, 0.3) is 6.08 Å². The number of allylic oxidation sites excluding steroid dienone is 1. The molecule has 1 atom stereocenters. The zero-order valence-corrected chi connectivity index (χ0v) is 14.4. The Morgan fingerprint density at radius 1 is 1.20 bits per heavy atom. The summed E-state index contributed by atoms with van der Waals surface area (Å²) in [5.41, 5.74) is 1.25. The SMILES string of the molecule is COC(=O)[C@@H](C)Oc1ccc2c(c1)OC(=Cc1ccc(Cl)cc1)C2=O. The molecule has 0 saturated carbocycles.